The van der Waals surface area contributed by atoms with E-state index in [4.69, 9.17) is 5.11 Å². The van der Waals surface area contributed by atoms with Crippen LogP contribution in [0.4, 0.5) is 0 Å². The van der Waals surface area contributed by atoms with Crippen LogP contribution in [0.3, 0.4) is 0 Å². The van der Waals surface area contributed by atoms with Crippen LogP contribution < -0.4 is 0 Å². The van der Waals surface area contributed by atoms with E-state index in [0.717, 1.165) is 11.3 Å². The fraction of sp³-hybridized carbons (Fsp3) is 0.353. The number of aryl methyl sites for hydroxylation is 1. The highest BCUT2D eigenvalue weighted by molar-refractivity contribution is 5.85. The van der Waals surface area contributed by atoms with Crippen LogP contribution in [0.25, 0.3) is 5.69 Å². The van der Waals surface area contributed by atoms with E-state index in [1.807, 2.05) is 36.5 Å². The van der Waals surface area contributed by atoms with Gasteiger partial charge in [-0.15, -0.1) is 12.4 Å². The van der Waals surface area contributed by atoms with Gasteiger partial charge in [0.15, 0.2) is 0 Å². The number of hydrogen-bond acceptors (Lipinski definition) is 3. The molecule has 0 saturated carbocycles. The predicted molar refractivity (Wildman–Crippen MR) is 91.5 cm³/mol. The van der Waals surface area contributed by atoms with E-state index in [1.165, 1.54) is 0 Å². The van der Waals surface area contributed by atoms with Gasteiger partial charge in [-0.3, -0.25) is 9.59 Å². The highest BCUT2D eigenvalue weighted by Gasteiger charge is 2.30. The number of nitrogens with zero attached hydrogens (tertiary/aromatic N) is 3. The van der Waals surface area contributed by atoms with Crippen molar-refractivity contribution in [2.24, 2.45) is 5.92 Å². The summed E-state index contributed by atoms with van der Waals surface area (Å²) < 4.78 is 1.79. The monoisotopic (exact) mass is 349 g/mol. The Morgan fingerprint density at radius 3 is 2.67 bits per heavy atom. The van der Waals surface area contributed by atoms with Gasteiger partial charge in [-0.05, 0) is 30.5 Å². The Bertz CT molecular complexity index is 702. The Morgan fingerprint density at radius 2 is 2.00 bits per heavy atom. The molecular formula is C17H20ClN3O3. The van der Waals surface area contributed by atoms with Gasteiger partial charge in [0.05, 0.1) is 17.8 Å². The number of likely N-dealkylation sites (tertiary alicyclic amines) is 1. The lowest BCUT2D eigenvalue weighted by atomic mass is 10.1. The number of benzene rings is 1. The number of rotatable bonds is 5. The molecule has 1 amide bonds. The molecule has 2 heterocycles. The quantitative estimate of drug-likeness (QED) is 0.897. The molecule has 1 fully saturated rings. The first kappa shape index (κ1) is 18.0. The maximum Gasteiger partial charge on any atom is 0.308 e. The van der Waals surface area contributed by atoms with E-state index in [1.54, 1.807) is 15.8 Å². The molecule has 1 saturated heterocycles. The zero-order chi connectivity index (χ0) is 16.2. The number of para-hydroxylation sites is 1. The van der Waals surface area contributed by atoms with E-state index < -0.39 is 11.9 Å². The first-order valence-corrected chi connectivity index (χ1v) is 7.73. The van der Waals surface area contributed by atoms with Crippen LogP contribution in [0, 0.1) is 5.92 Å². The lowest BCUT2D eigenvalue weighted by molar-refractivity contribution is -0.141. The van der Waals surface area contributed by atoms with E-state index in [-0.39, 0.29) is 18.3 Å². The molecule has 24 heavy (non-hydrogen) atoms. The maximum atomic E-state index is 12.2. The number of carbonyl (C=O) groups is 2. The third kappa shape index (κ3) is 4.14. The summed E-state index contributed by atoms with van der Waals surface area (Å²) in [4.78, 5) is 24.8. The molecule has 1 aliphatic rings. The topological polar surface area (TPSA) is 75.4 Å². The number of aliphatic carboxylic acids is 1. The summed E-state index contributed by atoms with van der Waals surface area (Å²) in [6.07, 6.45) is 5.23. The molecule has 1 aromatic carbocycles. The number of aromatic nitrogens is 2. The summed E-state index contributed by atoms with van der Waals surface area (Å²) in [6.45, 7) is 0.872. The molecule has 3 rings (SSSR count). The van der Waals surface area contributed by atoms with Crippen molar-refractivity contribution in [2.75, 3.05) is 13.1 Å². The van der Waals surface area contributed by atoms with Gasteiger partial charge < -0.3 is 10.0 Å². The summed E-state index contributed by atoms with van der Waals surface area (Å²) in [5.74, 6) is -1.22. The first-order valence-electron chi connectivity index (χ1n) is 7.73. The van der Waals surface area contributed by atoms with Crippen LogP contribution in [0.1, 0.15) is 18.4 Å². The molecule has 128 valence electrons. The molecule has 1 aromatic heterocycles. The molecule has 0 spiro atoms. The zero-order valence-corrected chi connectivity index (χ0v) is 14.0. The van der Waals surface area contributed by atoms with Gasteiger partial charge in [-0.2, -0.15) is 5.10 Å². The van der Waals surface area contributed by atoms with Crippen molar-refractivity contribution in [1.29, 1.82) is 0 Å². The molecule has 0 aliphatic carbocycles. The van der Waals surface area contributed by atoms with Gasteiger partial charge in [0.2, 0.25) is 5.91 Å². The number of halogens is 1. The Kier molecular flexibility index (Phi) is 5.98. The van der Waals surface area contributed by atoms with Crippen LogP contribution in [0.2, 0.25) is 0 Å². The molecular weight excluding hydrogens is 330 g/mol. The van der Waals surface area contributed by atoms with Gasteiger partial charge in [0.1, 0.15) is 0 Å². The van der Waals surface area contributed by atoms with Crippen LogP contribution in [0.15, 0.2) is 42.7 Å². The minimum absolute atomic E-state index is 0. The highest BCUT2D eigenvalue weighted by atomic mass is 35.5. The van der Waals surface area contributed by atoms with Gasteiger partial charge in [0, 0.05) is 25.7 Å². The number of carboxylic acid groups (broad SMARTS) is 1. The predicted octanol–water partition coefficient (Wildman–Crippen LogP) is 2.16. The Morgan fingerprint density at radius 1 is 1.25 bits per heavy atom. The lowest BCUT2D eigenvalue weighted by Crippen LogP contribution is -2.30. The molecule has 1 atom stereocenters. The fourth-order valence-corrected chi connectivity index (χ4v) is 2.81. The van der Waals surface area contributed by atoms with Crippen LogP contribution in [-0.2, 0) is 16.0 Å². The maximum absolute atomic E-state index is 12.2. The first-order chi connectivity index (χ1) is 11.1. The normalized spacial score (nSPS) is 16.7. The van der Waals surface area contributed by atoms with Crippen LogP contribution in [-0.4, -0.2) is 44.8 Å². The SMILES string of the molecule is Cl.O=C(O)C1CCN(C(=O)CCc2cnn(-c3ccccc3)c2)C1. The third-order valence-electron chi connectivity index (χ3n) is 4.17. The molecule has 0 radical (unpaired) electrons. The number of amides is 1. The number of carboxylic acids is 1. The summed E-state index contributed by atoms with van der Waals surface area (Å²) in [7, 11) is 0. The van der Waals surface area contributed by atoms with Crippen molar-refractivity contribution < 1.29 is 14.7 Å². The zero-order valence-electron chi connectivity index (χ0n) is 13.2. The fourth-order valence-electron chi connectivity index (χ4n) is 2.81. The molecule has 7 heteroatoms. The molecule has 1 N–H and O–H groups in total. The van der Waals surface area contributed by atoms with Crippen molar-refractivity contribution in [2.45, 2.75) is 19.3 Å². The second kappa shape index (κ2) is 7.97. The summed E-state index contributed by atoms with van der Waals surface area (Å²) in [5, 5.41) is 13.3. The van der Waals surface area contributed by atoms with Crippen molar-refractivity contribution in [3.05, 3.63) is 48.3 Å². The van der Waals surface area contributed by atoms with Crippen LogP contribution >= 0.6 is 12.4 Å². The highest BCUT2D eigenvalue weighted by Crippen LogP contribution is 2.18. The average Bonchev–Trinajstić information content (AvgIpc) is 3.23. The smallest absolute Gasteiger partial charge is 0.308 e. The summed E-state index contributed by atoms with van der Waals surface area (Å²) in [6, 6.07) is 9.79. The van der Waals surface area contributed by atoms with E-state index >= 15 is 0 Å². The van der Waals surface area contributed by atoms with E-state index in [9.17, 15) is 9.59 Å². The van der Waals surface area contributed by atoms with Gasteiger partial charge in [-0.25, -0.2) is 4.68 Å². The Hall–Kier alpha value is -2.34. The molecule has 6 nitrogen and oxygen atoms in total. The van der Waals surface area contributed by atoms with Crippen molar-refractivity contribution in [3.8, 4) is 5.69 Å². The van der Waals surface area contributed by atoms with Gasteiger partial charge >= 0.3 is 5.97 Å². The minimum atomic E-state index is -0.815. The molecule has 1 unspecified atom stereocenters. The molecule has 0 bridgehead atoms. The third-order valence-corrected chi connectivity index (χ3v) is 4.17. The van der Waals surface area contributed by atoms with Crippen molar-refractivity contribution >= 4 is 24.3 Å². The largest absolute Gasteiger partial charge is 0.481 e. The minimum Gasteiger partial charge on any atom is -0.481 e. The second-order valence-electron chi connectivity index (χ2n) is 5.79. The number of hydrogen-bond donors (Lipinski definition) is 1. The molecule has 1 aliphatic heterocycles. The Balaban J connectivity index is 0.00000208. The lowest BCUT2D eigenvalue weighted by Gasteiger charge is -2.15. The van der Waals surface area contributed by atoms with Crippen molar-refractivity contribution in [3.63, 3.8) is 0 Å². The van der Waals surface area contributed by atoms with Gasteiger partial charge in [-0.1, -0.05) is 18.2 Å². The average molecular weight is 350 g/mol. The Labute approximate surface area is 146 Å². The molecule has 2 aromatic rings. The number of carbonyl (C=O) groups excluding carboxylic acids is 1. The van der Waals surface area contributed by atoms with Crippen LogP contribution in [0.5, 0.6) is 0 Å². The summed E-state index contributed by atoms with van der Waals surface area (Å²) >= 11 is 0. The second-order valence-corrected chi connectivity index (χ2v) is 5.79. The standard InChI is InChI=1S/C17H19N3O3.ClH/c21-16(19-9-8-14(12-19)17(22)23)7-6-13-10-18-20(11-13)15-4-2-1-3-5-15;/h1-5,10-11,14H,6-9,12H2,(H,22,23);1H. The van der Waals surface area contributed by atoms with Gasteiger partial charge in [0.25, 0.3) is 0 Å². The summed E-state index contributed by atoms with van der Waals surface area (Å²) in [5.41, 5.74) is 1.98. The van der Waals surface area contributed by atoms with Crippen molar-refractivity contribution in [1.82, 2.24) is 14.7 Å². The van der Waals surface area contributed by atoms with E-state index in [0.29, 0.717) is 32.4 Å². The van der Waals surface area contributed by atoms with E-state index in [2.05, 4.69) is 5.10 Å².